The molecule has 2 fully saturated rings. The summed E-state index contributed by atoms with van der Waals surface area (Å²) in [5, 5.41) is 4.63. The molecule has 0 radical (unpaired) electrons. The second-order valence-corrected chi connectivity index (χ2v) is 5.97. The van der Waals surface area contributed by atoms with Crippen molar-refractivity contribution in [2.24, 2.45) is 5.92 Å². The van der Waals surface area contributed by atoms with Crippen molar-refractivity contribution in [1.29, 1.82) is 0 Å². The zero-order chi connectivity index (χ0) is 16.2. The van der Waals surface area contributed by atoms with E-state index in [2.05, 4.69) is 32.4 Å². The average Bonchev–Trinajstić information content (AvgIpc) is 2.86. The summed E-state index contributed by atoms with van der Waals surface area (Å²) in [7, 11) is 0. The molecule has 2 aliphatic heterocycles. The van der Waals surface area contributed by atoms with Crippen molar-refractivity contribution >= 4 is 24.0 Å². The minimum Gasteiger partial charge on any atom is -0.341 e. The minimum absolute atomic E-state index is 0.210. The molecular formula is C16H21N5O2. The number of hydrogen-bond donors (Lipinski definition) is 2. The molecule has 7 nitrogen and oxygen atoms in total. The molecule has 0 atom stereocenters. The Hall–Kier alpha value is -2.44. The van der Waals surface area contributed by atoms with Crippen LogP contribution in [0, 0.1) is 5.92 Å². The van der Waals surface area contributed by atoms with Crippen LogP contribution in [0.1, 0.15) is 38.3 Å². The van der Waals surface area contributed by atoms with Gasteiger partial charge in [-0.15, -0.1) is 0 Å². The fraction of sp³-hybridized carbons (Fsp3) is 0.500. The van der Waals surface area contributed by atoms with Gasteiger partial charge in [0.15, 0.2) is 0 Å². The van der Waals surface area contributed by atoms with E-state index in [-0.39, 0.29) is 5.70 Å². The quantitative estimate of drug-likeness (QED) is 0.652. The number of nitrogens with one attached hydrogen (secondary N) is 2. The number of anilines is 1. The number of nitrogens with zero attached hydrogens (tertiary/aromatic N) is 3. The molecule has 0 aromatic carbocycles. The van der Waals surface area contributed by atoms with E-state index >= 15 is 0 Å². The Morgan fingerprint density at radius 1 is 1.30 bits per heavy atom. The Labute approximate surface area is 135 Å². The molecule has 2 N–H and O–H groups in total. The van der Waals surface area contributed by atoms with Crippen molar-refractivity contribution in [2.75, 3.05) is 18.0 Å². The first-order chi connectivity index (χ1) is 11.2. The predicted molar refractivity (Wildman–Crippen MR) is 86.5 cm³/mol. The molecule has 122 valence electrons. The fourth-order valence-corrected chi connectivity index (χ4v) is 3.05. The Bertz CT molecular complexity index is 635. The molecule has 0 bridgehead atoms. The molecule has 2 saturated heterocycles. The third-order valence-corrected chi connectivity index (χ3v) is 4.27. The molecule has 23 heavy (non-hydrogen) atoms. The van der Waals surface area contributed by atoms with Crippen LogP contribution in [0.5, 0.6) is 0 Å². The zero-order valence-electron chi connectivity index (χ0n) is 13.2. The number of imide groups is 1. The van der Waals surface area contributed by atoms with E-state index in [4.69, 9.17) is 0 Å². The highest BCUT2D eigenvalue weighted by Crippen LogP contribution is 2.24. The van der Waals surface area contributed by atoms with Crippen molar-refractivity contribution in [1.82, 2.24) is 20.6 Å². The first-order valence-corrected chi connectivity index (χ1v) is 8.07. The molecule has 0 saturated carbocycles. The monoisotopic (exact) mass is 315 g/mol. The van der Waals surface area contributed by atoms with E-state index in [0.29, 0.717) is 11.6 Å². The first kappa shape index (κ1) is 15.5. The number of carbonyl (C=O) groups excluding carboxylic acids is 2. The molecule has 1 aromatic heterocycles. The van der Waals surface area contributed by atoms with Gasteiger partial charge in [-0.25, -0.2) is 14.8 Å². The molecule has 3 heterocycles. The van der Waals surface area contributed by atoms with Crippen molar-refractivity contribution in [3.63, 3.8) is 0 Å². The second kappa shape index (κ2) is 6.76. The minimum atomic E-state index is -0.506. The average molecular weight is 315 g/mol. The number of aromatic nitrogens is 2. The lowest BCUT2D eigenvalue weighted by atomic mass is 9.93. The number of hydrogen-bond acceptors (Lipinski definition) is 5. The predicted octanol–water partition coefficient (Wildman–Crippen LogP) is 1.67. The Balaban J connectivity index is 1.70. The number of urea groups is 1. The molecule has 0 unspecified atom stereocenters. The van der Waals surface area contributed by atoms with E-state index in [1.54, 1.807) is 18.3 Å². The van der Waals surface area contributed by atoms with Crippen molar-refractivity contribution in [2.45, 2.75) is 32.6 Å². The summed E-state index contributed by atoms with van der Waals surface area (Å²) in [5.74, 6) is 1.05. The van der Waals surface area contributed by atoms with E-state index in [1.165, 1.54) is 25.7 Å². The summed E-state index contributed by atoms with van der Waals surface area (Å²) in [4.78, 5) is 33.7. The van der Waals surface area contributed by atoms with Crippen LogP contribution in [0.25, 0.3) is 6.08 Å². The van der Waals surface area contributed by atoms with Crippen LogP contribution in [-0.4, -0.2) is 35.0 Å². The summed E-state index contributed by atoms with van der Waals surface area (Å²) in [6.45, 7) is 4.15. The molecule has 0 spiro atoms. The van der Waals surface area contributed by atoms with E-state index in [0.717, 1.165) is 19.0 Å². The van der Waals surface area contributed by atoms with Crippen molar-refractivity contribution in [3.05, 3.63) is 23.7 Å². The highest BCUT2D eigenvalue weighted by Gasteiger charge is 2.23. The third-order valence-electron chi connectivity index (χ3n) is 4.27. The standard InChI is InChI=1S/C16H21N5O2/c1-2-3-11-5-8-21(9-6-11)15-17-7-4-12(18-15)10-13-14(22)20-16(23)19-13/h4,7,10-11H,2-3,5-6,8-9H2,1H3,(H2,19,20,22,23)/b13-10-. The molecule has 1 aromatic rings. The van der Waals surface area contributed by atoms with Crippen LogP contribution in [0.15, 0.2) is 18.0 Å². The van der Waals surface area contributed by atoms with Gasteiger partial charge in [0, 0.05) is 19.3 Å². The van der Waals surface area contributed by atoms with Gasteiger partial charge in [0.1, 0.15) is 5.70 Å². The van der Waals surface area contributed by atoms with Gasteiger partial charge in [-0.2, -0.15) is 0 Å². The Morgan fingerprint density at radius 3 is 2.74 bits per heavy atom. The summed E-state index contributed by atoms with van der Waals surface area (Å²) in [6, 6.07) is 1.21. The largest absolute Gasteiger partial charge is 0.341 e. The molecule has 0 aliphatic carbocycles. The lowest BCUT2D eigenvalue weighted by Gasteiger charge is -2.31. The summed E-state index contributed by atoms with van der Waals surface area (Å²) >= 11 is 0. The second-order valence-electron chi connectivity index (χ2n) is 5.97. The maximum Gasteiger partial charge on any atom is 0.326 e. The lowest BCUT2D eigenvalue weighted by Crippen LogP contribution is -2.34. The third kappa shape index (κ3) is 3.67. The summed E-state index contributed by atoms with van der Waals surface area (Å²) < 4.78 is 0. The summed E-state index contributed by atoms with van der Waals surface area (Å²) in [5.41, 5.74) is 0.819. The maximum absolute atomic E-state index is 11.6. The van der Waals surface area contributed by atoms with Gasteiger partial charge in [0.2, 0.25) is 5.95 Å². The van der Waals surface area contributed by atoms with Crippen LogP contribution >= 0.6 is 0 Å². The molecule has 7 heteroatoms. The van der Waals surface area contributed by atoms with Crippen LogP contribution in [-0.2, 0) is 4.79 Å². The van der Waals surface area contributed by atoms with Crippen molar-refractivity contribution in [3.8, 4) is 0 Å². The molecule has 2 aliphatic rings. The number of amides is 3. The molecular weight excluding hydrogens is 294 g/mol. The van der Waals surface area contributed by atoms with Gasteiger partial charge in [-0.05, 0) is 30.9 Å². The van der Waals surface area contributed by atoms with E-state index in [9.17, 15) is 9.59 Å². The number of rotatable bonds is 4. The van der Waals surface area contributed by atoms with Crippen LogP contribution in [0.2, 0.25) is 0 Å². The maximum atomic E-state index is 11.6. The summed E-state index contributed by atoms with van der Waals surface area (Å²) in [6.07, 6.45) is 8.10. The normalized spacial score (nSPS) is 20.7. The van der Waals surface area contributed by atoms with Gasteiger partial charge >= 0.3 is 6.03 Å². The zero-order valence-corrected chi connectivity index (χ0v) is 13.2. The Kier molecular flexibility index (Phi) is 4.55. The van der Waals surface area contributed by atoms with Crippen LogP contribution < -0.4 is 15.5 Å². The number of carbonyl (C=O) groups is 2. The highest BCUT2D eigenvalue weighted by molar-refractivity contribution is 6.13. The molecule has 3 amide bonds. The molecule has 3 rings (SSSR count). The SMILES string of the molecule is CCCC1CCN(c2nccc(/C=C3\NC(=O)NC3=O)n2)CC1. The van der Waals surface area contributed by atoms with Gasteiger partial charge in [-0.3, -0.25) is 10.1 Å². The van der Waals surface area contributed by atoms with Gasteiger partial charge in [0.05, 0.1) is 5.69 Å². The Morgan fingerprint density at radius 2 is 2.09 bits per heavy atom. The van der Waals surface area contributed by atoms with E-state index in [1.807, 2.05) is 0 Å². The lowest BCUT2D eigenvalue weighted by molar-refractivity contribution is -0.115. The van der Waals surface area contributed by atoms with Gasteiger partial charge < -0.3 is 10.2 Å². The van der Waals surface area contributed by atoms with Gasteiger partial charge in [-0.1, -0.05) is 19.8 Å². The smallest absolute Gasteiger partial charge is 0.326 e. The van der Waals surface area contributed by atoms with Crippen molar-refractivity contribution < 1.29 is 9.59 Å². The van der Waals surface area contributed by atoms with Crippen LogP contribution in [0.4, 0.5) is 10.7 Å². The highest BCUT2D eigenvalue weighted by atomic mass is 16.2. The fourth-order valence-electron chi connectivity index (χ4n) is 3.05. The van der Waals surface area contributed by atoms with E-state index < -0.39 is 11.9 Å². The topological polar surface area (TPSA) is 87.2 Å². The van der Waals surface area contributed by atoms with Crippen LogP contribution in [0.3, 0.4) is 0 Å². The first-order valence-electron chi connectivity index (χ1n) is 8.07. The number of piperidine rings is 1. The van der Waals surface area contributed by atoms with Gasteiger partial charge in [0.25, 0.3) is 5.91 Å².